The van der Waals surface area contributed by atoms with Crippen molar-refractivity contribution in [1.82, 2.24) is 19.8 Å². The zero-order valence-electron chi connectivity index (χ0n) is 18.8. The Morgan fingerprint density at radius 2 is 1.50 bits per heavy atom. The zero-order valence-corrected chi connectivity index (χ0v) is 18.8. The molecule has 0 saturated carbocycles. The van der Waals surface area contributed by atoms with Crippen molar-refractivity contribution in [2.45, 2.75) is 6.92 Å². The molecule has 166 valence electrons. The van der Waals surface area contributed by atoms with E-state index < -0.39 is 0 Å². The van der Waals surface area contributed by atoms with Gasteiger partial charge in [0.15, 0.2) is 0 Å². The van der Waals surface area contributed by atoms with E-state index in [0.717, 1.165) is 54.4 Å². The summed E-state index contributed by atoms with van der Waals surface area (Å²) >= 11 is 0. The summed E-state index contributed by atoms with van der Waals surface area (Å²) in [6.45, 7) is 6.08. The maximum Gasteiger partial charge on any atom is 0.240 e. The van der Waals surface area contributed by atoms with E-state index in [-0.39, 0.29) is 5.91 Å². The number of amides is 1. The van der Waals surface area contributed by atoms with Crippen LogP contribution in [0.2, 0.25) is 0 Å². The van der Waals surface area contributed by atoms with Crippen LogP contribution < -0.4 is 10.1 Å². The quantitative estimate of drug-likeness (QED) is 0.646. The van der Waals surface area contributed by atoms with Gasteiger partial charge in [0.1, 0.15) is 5.75 Å². The van der Waals surface area contributed by atoms with Gasteiger partial charge >= 0.3 is 0 Å². The van der Waals surface area contributed by atoms with Crippen molar-refractivity contribution < 1.29 is 9.53 Å². The SMILES string of the molecule is COc1ccc(-c2cc(-c3ccc(C)cc3)nc(NC(=O)CN3CCN(C)CC3)n2)cc1. The normalized spacial score (nSPS) is 14.8. The van der Waals surface area contributed by atoms with Gasteiger partial charge in [-0.2, -0.15) is 0 Å². The molecule has 4 rings (SSSR count). The van der Waals surface area contributed by atoms with Crippen molar-refractivity contribution in [1.29, 1.82) is 0 Å². The van der Waals surface area contributed by atoms with Crippen LogP contribution in [0.15, 0.2) is 54.6 Å². The lowest BCUT2D eigenvalue weighted by Crippen LogP contribution is -2.47. The molecule has 1 amide bonds. The number of anilines is 1. The summed E-state index contributed by atoms with van der Waals surface area (Å²) in [6, 6.07) is 17.8. The lowest BCUT2D eigenvalue weighted by atomic mass is 10.1. The fraction of sp³-hybridized carbons (Fsp3) is 0.320. The highest BCUT2D eigenvalue weighted by atomic mass is 16.5. The van der Waals surface area contributed by atoms with E-state index in [4.69, 9.17) is 4.74 Å². The van der Waals surface area contributed by atoms with E-state index >= 15 is 0 Å². The van der Waals surface area contributed by atoms with Crippen LogP contribution in [0.4, 0.5) is 5.95 Å². The molecule has 7 heteroatoms. The maximum absolute atomic E-state index is 12.7. The molecule has 1 aliphatic heterocycles. The van der Waals surface area contributed by atoms with Crippen molar-refractivity contribution in [2.75, 3.05) is 52.2 Å². The molecule has 0 atom stereocenters. The average molecular weight is 432 g/mol. The second kappa shape index (κ2) is 9.89. The number of piperazine rings is 1. The molecule has 1 fully saturated rings. The number of rotatable bonds is 6. The van der Waals surface area contributed by atoms with Crippen LogP contribution in [0.5, 0.6) is 5.75 Å². The number of nitrogens with zero attached hydrogens (tertiary/aromatic N) is 4. The monoisotopic (exact) mass is 431 g/mol. The first-order valence-corrected chi connectivity index (χ1v) is 10.8. The number of benzene rings is 2. The van der Waals surface area contributed by atoms with Gasteiger partial charge in [0.25, 0.3) is 0 Å². The molecule has 1 N–H and O–H groups in total. The summed E-state index contributed by atoms with van der Waals surface area (Å²) < 4.78 is 5.27. The van der Waals surface area contributed by atoms with Gasteiger partial charge in [-0.3, -0.25) is 15.0 Å². The highest BCUT2D eigenvalue weighted by Crippen LogP contribution is 2.27. The third-order valence-corrected chi connectivity index (χ3v) is 5.67. The summed E-state index contributed by atoms with van der Waals surface area (Å²) in [5.74, 6) is 0.992. The summed E-state index contributed by atoms with van der Waals surface area (Å²) in [4.78, 5) is 26.4. The van der Waals surface area contributed by atoms with Crippen molar-refractivity contribution in [3.05, 3.63) is 60.2 Å². The van der Waals surface area contributed by atoms with Gasteiger partial charge in [0.2, 0.25) is 11.9 Å². The van der Waals surface area contributed by atoms with Crippen LogP contribution in [0.25, 0.3) is 22.5 Å². The molecule has 0 unspecified atom stereocenters. The van der Waals surface area contributed by atoms with E-state index in [1.165, 1.54) is 5.56 Å². The Labute approximate surface area is 189 Å². The standard InChI is InChI=1S/C25H29N5O2/c1-18-4-6-19(7-5-18)22-16-23(20-8-10-21(32-3)11-9-20)27-25(26-22)28-24(31)17-30-14-12-29(2)13-15-30/h4-11,16H,12-15,17H2,1-3H3,(H,26,27,28,31). The van der Waals surface area contributed by atoms with Crippen molar-refractivity contribution in [3.63, 3.8) is 0 Å². The minimum Gasteiger partial charge on any atom is -0.497 e. The Morgan fingerprint density at radius 3 is 2.06 bits per heavy atom. The number of hydrogen-bond acceptors (Lipinski definition) is 6. The van der Waals surface area contributed by atoms with Crippen molar-refractivity contribution >= 4 is 11.9 Å². The molecule has 0 radical (unpaired) electrons. The van der Waals surface area contributed by atoms with Gasteiger partial charge in [-0.05, 0) is 44.3 Å². The molecule has 0 bridgehead atoms. The number of carbonyl (C=O) groups excluding carboxylic acids is 1. The number of aromatic nitrogens is 2. The number of likely N-dealkylation sites (N-methyl/N-ethyl adjacent to an activating group) is 1. The summed E-state index contributed by atoms with van der Waals surface area (Å²) in [6.07, 6.45) is 0. The minimum absolute atomic E-state index is 0.101. The Hall–Kier alpha value is -3.29. The highest BCUT2D eigenvalue weighted by Gasteiger charge is 2.18. The molecule has 0 aliphatic carbocycles. The van der Waals surface area contributed by atoms with Crippen molar-refractivity contribution in [3.8, 4) is 28.3 Å². The first-order chi connectivity index (χ1) is 15.5. The predicted octanol–water partition coefficient (Wildman–Crippen LogP) is 3.31. The van der Waals surface area contributed by atoms with Gasteiger partial charge in [-0.1, -0.05) is 29.8 Å². The zero-order chi connectivity index (χ0) is 22.5. The first kappa shape index (κ1) is 21.9. The molecule has 7 nitrogen and oxygen atoms in total. The minimum atomic E-state index is -0.101. The Kier molecular flexibility index (Phi) is 6.78. The highest BCUT2D eigenvalue weighted by molar-refractivity contribution is 5.91. The second-order valence-corrected chi connectivity index (χ2v) is 8.18. The molecule has 1 aromatic heterocycles. The fourth-order valence-electron chi connectivity index (χ4n) is 3.66. The molecule has 0 spiro atoms. The fourth-order valence-corrected chi connectivity index (χ4v) is 3.66. The first-order valence-electron chi connectivity index (χ1n) is 10.8. The summed E-state index contributed by atoms with van der Waals surface area (Å²) in [5, 5.41) is 2.91. The van der Waals surface area contributed by atoms with E-state index in [1.807, 2.05) is 42.5 Å². The largest absolute Gasteiger partial charge is 0.497 e. The maximum atomic E-state index is 12.7. The number of ether oxygens (including phenoxy) is 1. The Balaban J connectivity index is 1.60. The molecular weight excluding hydrogens is 402 g/mol. The van der Waals surface area contributed by atoms with E-state index in [2.05, 4.69) is 51.2 Å². The lowest BCUT2D eigenvalue weighted by molar-refractivity contribution is -0.117. The molecule has 1 saturated heterocycles. The molecule has 1 aliphatic rings. The van der Waals surface area contributed by atoms with Crippen LogP contribution in [-0.2, 0) is 4.79 Å². The van der Waals surface area contributed by atoms with E-state index in [0.29, 0.717) is 12.5 Å². The third kappa shape index (κ3) is 5.49. The average Bonchev–Trinajstić information content (AvgIpc) is 2.81. The predicted molar refractivity (Wildman–Crippen MR) is 127 cm³/mol. The van der Waals surface area contributed by atoms with Crippen LogP contribution in [-0.4, -0.2) is 72.6 Å². The van der Waals surface area contributed by atoms with Gasteiger partial charge < -0.3 is 9.64 Å². The Morgan fingerprint density at radius 1 is 0.938 bits per heavy atom. The van der Waals surface area contributed by atoms with Crippen molar-refractivity contribution in [2.24, 2.45) is 0 Å². The number of hydrogen-bond donors (Lipinski definition) is 1. The van der Waals surface area contributed by atoms with Gasteiger partial charge in [-0.25, -0.2) is 9.97 Å². The van der Waals surface area contributed by atoms with Crippen LogP contribution in [0.1, 0.15) is 5.56 Å². The number of methoxy groups -OCH3 is 1. The van der Waals surface area contributed by atoms with Crippen LogP contribution >= 0.6 is 0 Å². The smallest absolute Gasteiger partial charge is 0.240 e. The third-order valence-electron chi connectivity index (χ3n) is 5.67. The Bertz CT molecular complexity index is 1060. The number of aryl methyl sites for hydroxylation is 1. The van der Waals surface area contributed by atoms with E-state index in [1.54, 1.807) is 7.11 Å². The molecule has 2 aromatic carbocycles. The number of nitrogens with one attached hydrogen (secondary N) is 1. The van der Waals surface area contributed by atoms with Gasteiger partial charge in [0.05, 0.1) is 25.0 Å². The second-order valence-electron chi connectivity index (χ2n) is 8.18. The topological polar surface area (TPSA) is 70.6 Å². The van der Waals surface area contributed by atoms with Gasteiger partial charge in [0, 0.05) is 37.3 Å². The summed E-state index contributed by atoms with van der Waals surface area (Å²) in [5.41, 5.74) is 4.59. The van der Waals surface area contributed by atoms with E-state index in [9.17, 15) is 4.79 Å². The van der Waals surface area contributed by atoms with Crippen LogP contribution in [0, 0.1) is 6.92 Å². The molecule has 32 heavy (non-hydrogen) atoms. The summed E-state index contributed by atoms with van der Waals surface area (Å²) in [7, 11) is 3.74. The number of carbonyl (C=O) groups is 1. The molecule has 3 aromatic rings. The molecule has 2 heterocycles. The van der Waals surface area contributed by atoms with Crippen LogP contribution in [0.3, 0.4) is 0 Å². The van der Waals surface area contributed by atoms with Gasteiger partial charge in [-0.15, -0.1) is 0 Å². The molecular formula is C25H29N5O2. The lowest BCUT2D eigenvalue weighted by Gasteiger charge is -2.31.